The second-order valence-electron chi connectivity index (χ2n) is 8.59. The van der Waals surface area contributed by atoms with Crippen LogP contribution >= 0.6 is 12.4 Å². The van der Waals surface area contributed by atoms with Gasteiger partial charge < -0.3 is 4.74 Å². The normalized spacial score (nSPS) is 19.1. The molecule has 3 aromatic rings. The van der Waals surface area contributed by atoms with E-state index in [0.717, 1.165) is 36.2 Å². The summed E-state index contributed by atoms with van der Waals surface area (Å²) in [5.74, 6) is 0. The van der Waals surface area contributed by atoms with Crippen LogP contribution in [0.25, 0.3) is 0 Å². The Balaban J connectivity index is 0.00000361. The Morgan fingerprint density at radius 3 is 2.11 bits per heavy atom. The maximum atomic E-state index is 13.3. The van der Waals surface area contributed by atoms with Crippen LogP contribution in [0.1, 0.15) is 46.7 Å². The summed E-state index contributed by atoms with van der Waals surface area (Å²) < 4.78 is 85.6. The number of piperidine rings is 1. The number of ether oxygens (including phenoxy) is 1. The van der Waals surface area contributed by atoms with Gasteiger partial charge in [0, 0.05) is 18.9 Å². The number of nitrogens with zero attached hydrogens (tertiary/aromatic N) is 2. The van der Waals surface area contributed by atoms with Crippen molar-refractivity contribution in [2.45, 2.75) is 50.5 Å². The number of hydrogen-bond acceptors (Lipinski definition) is 3. The van der Waals surface area contributed by atoms with Gasteiger partial charge in [0.25, 0.3) is 0 Å². The number of pyridine rings is 1. The molecule has 2 aromatic carbocycles. The van der Waals surface area contributed by atoms with Crippen molar-refractivity contribution in [3.63, 3.8) is 0 Å². The van der Waals surface area contributed by atoms with Gasteiger partial charge in [0.2, 0.25) is 0 Å². The fourth-order valence-electron chi connectivity index (χ4n) is 4.49. The van der Waals surface area contributed by atoms with Crippen molar-refractivity contribution in [2.24, 2.45) is 0 Å². The van der Waals surface area contributed by atoms with Gasteiger partial charge in [-0.3, -0.25) is 9.88 Å². The fourth-order valence-corrected chi connectivity index (χ4v) is 4.49. The van der Waals surface area contributed by atoms with E-state index in [4.69, 9.17) is 4.74 Å². The highest BCUT2D eigenvalue weighted by Gasteiger charge is 2.37. The summed E-state index contributed by atoms with van der Waals surface area (Å²) in [6, 6.07) is 14.8. The molecule has 194 valence electrons. The van der Waals surface area contributed by atoms with E-state index in [1.807, 2.05) is 42.5 Å². The van der Waals surface area contributed by atoms with Crippen molar-refractivity contribution < 1.29 is 31.1 Å². The van der Waals surface area contributed by atoms with E-state index >= 15 is 0 Å². The van der Waals surface area contributed by atoms with Crippen LogP contribution in [0.4, 0.5) is 26.3 Å². The van der Waals surface area contributed by atoms with Crippen LogP contribution in [0.2, 0.25) is 0 Å². The Kier molecular flexibility index (Phi) is 9.03. The highest BCUT2D eigenvalue weighted by molar-refractivity contribution is 5.85. The number of rotatable bonds is 6. The molecule has 0 amide bonds. The molecular weight excluding hydrogens is 506 g/mol. The predicted molar refractivity (Wildman–Crippen MR) is 125 cm³/mol. The van der Waals surface area contributed by atoms with E-state index in [1.54, 1.807) is 12.4 Å². The Morgan fingerprint density at radius 1 is 0.861 bits per heavy atom. The van der Waals surface area contributed by atoms with Crippen LogP contribution in [0, 0.1) is 0 Å². The highest BCUT2D eigenvalue weighted by atomic mass is 35.5. The van der Waals surface area contributed by atoms with Crippen LogP contribution < -0.4 is 0 Å². The third kappa shape index (κ3) is 6.99. The molecule has 0 saturated carbocycles. The Bertz CT molecular complexity index is 1080. The highest BCUT2D eigenvalue weighted by Crippen LogP contribution is 2.38. The van der Waals surface area contributed by atoms with Gasteiger partial charge in [0.05, 0.1) is 29.9 Å². The van der Waals surface area contributed by atoms with E-state index in [0.29, 0.717) is 13.0 Å². The van der Waals surface area contributed by atoms with E-state index in [9.17, 15) is 26.3 Å². The van der Waals surface area contributed by atoms with Gasteiger partial charge >= 0.3 is 12.4 Å². The molecular formula is C26H25ClF6N2O. The molecule has 1 fully saturated rings. The molecule has 3 nitrogen and oxygen atoms in total. The number of halogens is 7. The summed E-state index contributed by atoms with van der Waals surface area (Å²) in [4.78, 5) is 6.37. The van der Waals surface area contributed by atoms with Crippen molar-refractivity contribution in [3.05, 3.63) is 101 Å². The maximum Gasteiger partial charge on any atom is 0.416 e. The van der Waals surface area contributed by atoms with Crippen molar-refractivity contribution in [1.29, 1.82) is 0 Å². The molecule has 0 N–H and O–H groups in total. The summed E-state index contributed by atoms with van der Waals surface area (Å²) >= 11 is 0. The van der Waals surface area contributed by atoms with Crippen LogP contribution in [-0.4, -0.2) is 22.5 Å². The molecule has 1 saturated heterocycles. The Hall–Kier alpha value is -2.62. The molecule has 0 radical (unpaired) electrons. The molecule has 0 spiro atoms. The summed E-state index contributed by atoms with van der Waals surface area (Å²) in [7, 11) is 0. The van der Waals surface area contributed by atoms with Gasteiger partial charge in [-0.1, -0.05) is 36.4 Å². The number of hydrogen-bond donors (Lipinski definition) is 0. The lowest BCUT2D eigenvalue weighted by molar-refractivity contribution is -0.143. The zero-order valence-corrected chi connectivity index (χ0v) is 19.9. The molecule has 4 rings (SSSR count). The second-order valence-corrected chi connectivity index (χ2v) is 8.59. The zero-order valence-electron chi connectivity index (χ0n) is 19.1. The smallest absolute Gasteiger partial charge is 0.372 e. The first-order valence-corrected chi connectivity index (χ1v) is 11.2. The lowest BCUT2D eigenvalue weighted by Gasteiger charge is -2.41. The number of benzene rings is 2. The van der Waals surface area contributed by atoms with Crippen LogP contribution in [-0.2, 0) is 30.2 Å². The van der Waals surface area contributed by atoms with Gasteiger partial charge in [-0.25, -0.2) is 0 Å². The van der Waals surface area contributed by atoms with Gasteiger partial charge in [-0.2, -0.15) is 26.3 Å². The van der Waals surface area contributed by atoms with E-state index < -0.39 is 29.6 Å². The van der Waals surface area contributed by atoms with Crippen LogP contribution in [0.3, 0.4) is 0 Å². The minimum atomic E-state index is -4.89. The molecule has 36 heavy (non-hydrogen) atoms. The number of alkyl halides is 6. The average molecular weight is 531 g/mol. The minimum Gasteiger partial charge on any atom is -0.372 e. The van der Waals surface area contributed by atoms with Crippen molar-refractivity contribution in [2.75, 3.05) is 6.54 Å². The SMILES string of the molecule is Cl.FC(F)(F)c1cc(COC2CCCN(Cc3cccnc3)C2c2ccccc2)cc(C(F)(F)F)c1. The van der Waals surface area contributed by atoms with E-state index in [-0.39, 0.29) is 36.7 Å². The first-order valence-electron chi connectivity index (χ1n) is 11.2. The predicted octanol–water partition coefficient (Wildman–Crippen LogP) is 7.46. The van der Waals surface area contributed by atoms with Crippen molar-refractivity contribution >= 4 is 12.4 Å². The first kappa shape index (κ1) is 28.0. The molecule has 10 heteroatoms. The average Bonchev–Trinajstić information content (AvgIpc) is 2.83. The van der Waals surface area contributed by atoms with Crippen molar-refractivity contribution in [3.8, 4) is 0 Å². The number of likely N-dealkylation sites (tertiary alicyclic amines) is 1. The molecule has 2 atom stereocenters. The second kappa shape index (κ2) is 11.6. The minimum absolute atomic E-state index is 0. The molecule has 2 unspecified atom stereocenters. The third-order valence-corrected chi connectivity index (χ3v) is 6.04. The van der Waals surface area contributed by atoms with Gasteiger partial charge in [-0.05, 0) is 60.3 Å². The quantitative estimate of drug-likeness (QED) is 0.309. The van der Waals surface area contributed by atoms with E-state index in [2.05, 4.69) is 9.88 Å². The molecule has 1 aliphatic heterocycles. The summed E-state index contributed by atoms with van der Waals surface area (Å²) in [5, 5.41) is 0. The molecule has 1 aliphatic rings. The van der Waals surface area contributed by atoms with Crippen molar-refractivity contribution in [1.82, 2.24) is 9.88 Å². The third-order valence-electron chi connectivity index (χ3n) is 6.04. The standard InChI is InChI=1S/C26H24F6N2O.ClH/c27-25(28,29)21-12-19(13-22(14-21)26(30,31)32)17-35-23-9-5-11-34(16-18-6-4-10-33-15-18)24(23)20-7-2-1-3-8-20;/h1-4,6-8,10,12-15,23-24H,5,9,11,16-17H2;1H. The monoisotopic (exact) mass is 530 g/mol. The topological polar surface area (TPSA) is 25.4 Å². The van der Waals surface area contributed by atoms with Gasteiger partial charge in [-0.15, -0.1) is 12.4 Å². The molecule has 0 aliphatic carbocycles. The Labute approximate surface area is 211 Å². The fraction of sp³-hybridized carbons (Fsp3) is 0.346. The van der Waals surface area contributed by atoms with Gasteiger partial charge in [0.1, 0.15) is 0 Å². The maximum absolute atomic E-state index is 13.3. The largest absolute Gasteiger partial charge is 0.416 e. The molecule has 1 aromatic heterocycles. The zero-order chi connectivity index (χ0) is 25.1. The van der Waals surface area contributed by atoms with Crippen LogP contribution in [0.5, 0.6) is 0 Å². The first-order chi connectivity index (χ1) is 16.6. The summed E-state index contributed by atoms with van der Waals surface area (Å²) in [6.45, 7) is 1.01. The summed E-state index contributed by atoms with van der Waals surface area (Å²) in [6.07, 6.45) is -5.33. The molecule has 0 bridgehead atoms. The lowest BCUT2D eigenvalue weighted by atomic mass is 9.91. The lowest BCUT2D eigenvalue weighted by Crippen LogP contribution is -2.42. The van der Waals surface area contributed by atoms with E-state index in [1.165, 1.54) is 0 Å². The molecule has 2 heterocycles. The number of aromatic nitrogens is 1. The Morgan fingerprint density at radius 2 is 1.53 bits per heavy atom. The summed E-state index contributed by atoms with van der Waals surface area (Å²) in [5.41, 5.74) is -0.869. The van der Waals surface area contributed by atoms with Crippen LogP contribution in [0.15, 0.2) is 73.1 Å². The van der Waals surface area contributed by atoms with Gasteiger partial charge in [0.15, 0.2) is 0 Å².